The standard InChI is InChI=1S/C21H24N2O4/c1-4-27-20(15-8-6-5-7-9-15)21(24)23-13-12-17(22-23)16-10-11-18(25-2)19(14-16)26-3/h5-11,14,20H,4,12-13H2,1-3H3. The zero-order valence-corrected chi connectivity index (χ0v) is 15.8. The van der Waals surface area contributed by atoms with Crippen molar-refractivity contribution in [3.05, 3.63) is 59.7 Å². The van der Waals surface area contributed by atoms with Gasteiger partial charge < -0.3 is 14.2 Å². The summed E-state index contributed by atoms with van der Waals surface area (Å²) in [5, 5.41) is 6.04. The lowest BCUT2D eigenvalue weighted by Gasteiger charge is -2.20. The van der Waals surface area contributed by atoms with Gasteiger partial charge >= 0.3 is 0 Å². The predicted octanol–water partition coefficient (Wildman–Crippen LogP) is 3.42. The van der Waals surface area contributed by atoms with Gasteiger partial charge in [-0.15, -0.1) is 0 Å². The number of carbonyl (C=O) groups excluding carboxylic acids is 1. The Kier molecular flexibility index (Phi) is 6.08. The molecule has 1 amide bonds. The molecule has 3 rings (SSSR count). The molecular weight excluding hydrogens is 344 g/mol. The second-order valence-corrected chi connectivity index (χ2v) is 6.07. The van der Waals surface area contributed by atoms with Gasteiger partial charge in [0.05, 0.1) is 26.5 Å². The molecule has 0 bridgehead atoms. The van der Waals surface area contributed by atoms with Crippen LogP contribution in [0.1, 0.15) is 30.6 Å². The number of hydrogen-bond acceptors (Lipinski definition) is 5. The lowest BCUT2D eigenvalue weighted by Crippen LogP contribution is -2.31. The molecule has 142 valence electrons. The number of rotatable bonds is 7. The molecule has 0 fully saturated rings. The number of hydrazone groups is 1. The Morgan fingerprint density at radius 1 is 1.11 bits per heavy atom. The van der Waals surface area contributed by atoms with Crippen LogP contribution in [0.2, 0.25) is 0 Å². The van der Waals surface area contributed by atoms with E-state index >= 15 is 0 Å². The largest absolute Gasteiger partial charge is 0.493 e. The highest BCUT2D eigenvalue weighted by atomic mass is 16.5. The van der Waals surface area contributed by atoms with E-state index in [1.807, 2.05) is 55.5 Å². The molecule has 1 aliphatic rings. The van der Waals surface area contributed by atoms with E-state index in [9.17, 15) is 4.79 Å². The van der Waals surface area contributed by atoms with Crippen LogP contribution in [0.15, 0.2) is 53.6 Å². The van der Waals surface area contributed by atoms with Crippen LogP contribution in [0, 0.1) is 0 Å². The number of nitrogens with zero attached hydrogens (tertiary/aromatic N) is 2. The van der Waals surface area contributed by atoms with E-state index < -0.39 is 6.10 Å². The van der Waals surface area contributed by atoms with E-state index in [0.29, 0.717) is 31.1 Å². The Morgan fingerprint density at radius 3 is 2.52 bits per heavy atom. The maximum Gasteiger partial charge on any atom is 0.276 e. The van der Waals surface area contributed by atoms with Gasteiger partial charge in [0.25, 0.3) is 5.91 Å². The van der Waals surface area contributed by atoms with Crippen LogP contribution in [0.3, 0.4) is 0 Å². The minimum Gasteiger partial charge on any atom is -0.493 e. The summed E-state index contributed by atoms with van der Waals surface area (Å²) in [6, 6.07) is 15.1. The third kappa shape index (κ3) is 4.11. The van der Waals surface area contributed by atoms with Gasteiger partial charge in [-0.2, -0.15) is 5.10 Å². The van der Waals surface area contributed by atoms with E-state index in [-0.39, 0.29) is 5.91 Å². The van der Waals surface area contributed by atoms with Crippen LogP contribution in [0.5, 0.6) is 11.5 Å². The third-order valence-corrected chi connectivity index (χ3v) is 4.43. The summed E-state index contributed by atoms with van der Waals surface area (Å²) in [7, 11) is 3.20. The van der Waals surface area contributed by atoms with Crippen LogP contribution >= 0.6 is 0 Å². The van der Waals surface area contributed by atoms with Crippen molar-refractivity contribution in [2.45, 2.75) is 19.4 Å². The van der Waals surface area contributed by atoms with Gasteiger partial charge in [-0.1, -0.05) is 30.3 Å². The first-order valence-electron chi connectivity index (χ1n) is 8.95. The first kappa shape index (κ1) is 18.9. The molecule has 0 saturated heterocycles. The zero-order valence-electron chi connectivity index (χ0n) is 15.8. The fourth-order valence-corrected chi connectivity index (χ4v) is 3.07. The summed E-state index contributed by atoms with van der Waals surface area (Å²) in [6.07, 6.45) is 0.0270. The molecule has 0 aliphatic carbocycles. The first-order valence-corrected chi connectivity index (χ1v) is 8.95. The molecule has 1 aliphatic heterocycles. The highest BCUT2D eigenvalue weighted by molar-refractivity contribution is 6.03. The van der Waals surface area contributed by atoms with Crippen molar-refractivity contribution >= 4 is 11.6 Å². The summed E-state index contributed by atoms with van der Waals surface area (Å²) in [4.78, 5) is 13.0. The number of methoxy groups -OCH3 is 2. The van der Waals surface area contributed by atoms with Gasteiger partial charge in [-0.05, 0) is 30.7 Å². The molecule has 27 heavy (non-hydrogen) atoms. The minimum atomic E-state index is -0.648. The van der Waals surface area contributed by atoms with Gasteiger partial charge in [0, 0.05) is 18.6 Å². The van der Waals surface area contributed by atoms with Crippen LogP contribution in [0.4, 0.5) is 0 Å². The number of benzene rings is 2. The monoisotopic (exact) mass is 368 g/mol. The van der Waals surface area contributed by atoms with Gasteiger partial charge in [0.15, 0.2) is 17.6 Å². The Labute approximate surface area is 159 Å². The molecule has 6 nitrogen and oxygen atoms in total. The van der Waals surface area contributed by atoms with Crippen LogP contribution in [-0.4, -0.2) is 44.0 Å². The summed E-state index contributed by atoms with van der Waals surface area (Å²) < 4.78 is 16.3. The first-order chi connectivity index (χ1) is 13.2. The SMILES string of the molecule is CCOC(C(=O)N1CCC(c2ccc(OC)c(OC)c2)=N1)c1ccccc1. The van der Waals surface area contributed by atoms with Crippen molar-refractivity contribution in [3.8, 4) is 11.5 Å². The van der Waals surface area contributed by atoms with Crippen molar-refractivity contribution in [1.29, 1.82) is 0 Å². The molecule has 0 radical (unpaired) electrons. The van der Waals surface area contributed by atoms with Gasteiger partial charge in [0.1, 0.15) is 0 Å². The van der Waals surface area contributed by atoms with E-state index in [2.05, 4.69) is 5.10 Å². The minimum absolute atomic E-state index is 0.154. The fourth-order valence-electron chi connectivity index (χ4n) is 3.07. The van der Waals surface area contributed by atoms with Crippen LogP contribution in [-0.2, 0) is 9.53 Å². The zero-order chi connectivity index (χ0) is 19.2. The average molecular weight is 368 g/mol. The quantitative estimate of drug-likeness (QED) is 0.751. The molecule has 0 N–H and O–H groups in total. The molecular formula is C21H24N2O4. The van der Waals surface area contributed by atoms with E-state index in [1.54, 1.807) is 14.2 Å². The summed E-state index contributed by atoms with van der Waals surface area (Å²) in [5.74, 6) is 1.14. The van der Waals surface area contributed by atoms with Crippen molar-refractivity contribution in [3.63, 3.8) is 0 Å². The number of carbonyl (C=O) groups is 1. The summed E-state index contributed by atoms with van der Waals surface area (Å²) >= 11 is 0. The average Bonchev–Trinajstić information content (AvgIpc) is 3.22. The second-order valence-electron chi connectivity index (χ2n) is 6.07. The smallest absolute Gasteiger partial charge is 0.276 e. The molecule has 0 spiro atoms. The molecule has 2 aromatic rings. The van der Waals surface area contributed by atoms with E-state index in [0.717, 1.165) is 16.8 Å². The van der Waals surface area contributed by atoms with Gasteiger partial charge in [-0.3, -0.25) is 4.79 Å². The number of hydrogen-bond donors (Lipinski definition) is 0. The third-order valence-electron chi connectivity index (χ3n) is 4.43. The molecule has 6 heteroatoms. The fraction of sp³-hybridized carbons (Fsp3) is 0.333. The lowest BCUT2D eigenvalue weighted by atomic mass is 10.1. The van der Waals surface area contributed by atoms with Gasteiger partial charge in [-0.25, -0.2) is 5.01 Å². The Hall–Kier alpha value is -2.86. The predicted molar refractivity (Wildman–Crippen MR) is 103 cm³/mol. The van der Waals surface area contributed by atoms with Crippen molar-refractivity contribution in [1.82, 2.24) is 5.01 Å². The second kappa shape index (κ2) is 8.68. The lowest BCUT2D eigenvalue weighted by molar-refractivity contribution is -0.143. The topological polar surface area (TPSA) is 60.4 Å². The molecule has 0 aromatic heterocycles. The normalized spacial score (nSPS) is 14.6. The Bertz CT molecular complexity index is 820. The Balaban J connectivity index is 1.82. The molecule has 0 saturated carbocycles. The Morgan fingerprint density at radius 2 is 1.85 bits per heavy atom. The van der Waals surface area contributed by atoms with Crippen molar-refractivity contribution < 1.29 is 19.0 Å². The highest BCUT2D eigenvalue weighted by Gasteiger charge is 2.30. The van der Waals surface area contributed by atoms with E-state index in [4.69, 9.17) is 14.2 Å². The number of amides is 1. The van der Waals surface area contributed by atoms with Crippen molar-refractivity contribution in [2.24, 2.45) is 5.10 Å². The summed E-state index contributed by atoms with van der Waals surface area (Å²) in [6.45, 7) is 2.86. The highest BCUT2D eigenvalue weighted by Crippen LogP contribution is 2.30. The maximum absolute atomic E-state index is 13.0. The molecule has 1 heterocycles. The number of ether oxygens (including phenoxy) is 3. The van der Waals surface area contributed by atoms with Crippen LogP contribution < -0.4 is 9.47 Å². The maximum atomic E-state index is 13.0. The van der Waals surface area contributed by atoms with Crippen molar-refractivity contribution in [2.75, 3.05) is 27.4 Å². The molecule has 1 atom stereocenters. The summed E-state index contributed by atoms with van der Waals surface area (Å²) in [5.41, 5.74) is 2.59. The van der Waals surface area contributed by atoms with Crippen LogP contribution in [0.25, 0.3) is 0 Å². The molecule has 1 unspecified atom stereocenters. The van der Waals surface area contributed by atoms with Gasteiger partial charge in [0.2, 0.25) is 0 Å². The van der Waals surface area contributed by atoms with E-state index in [1.165, 1.54) is 5.01 Å². The molecule has 2 aromatic carbocycles.